The van der Waals surface area contributed by atoms with Crippen molar-refractivity contribution >= 4 is 5.91 Å². The minimum absolute atomic E-state index is 0.103. The van der Waals surface area contributed by atoms with Gasteiger partial charge in [-0.3, -0.25) is 9.59 Å². The van der Waals surface area contributed by atoms with Gasteiger partial charge in [-0.2, -0.15) is 0 Å². The molecule has 5 heteroatoms. The summed E-state index contributed by atoms with van der Waals surface area (Å²) in [5, 5.41) is 0. The van der Waals surface area contributed by atoms with E-state index in [1.54, 1.807) is 18.0 Å². The summed E-state index contributed by atoms with van der Waals surface area (Å²) in [6, 6.07) is 3.16. The molecular weight excluding hydrogens is 268 g/mol. The topological polar surface area (TPSA) is 62.4 Å². The number of aromatic nitrogens is 1. The van der Waals surface area contributed by atoms with Crippen molar-refractivity contribution in [2.24, 2.45) is 5.92 Å². The van der Waals surface area contributed by atoms with Gasteiger partial charge >= 0.3 is 0 Å². The Morgan fingerprint density at radius 1 is 1.48 bits per heavy atom. The van der Waals surface area contributed by atoms with Gasteiger partial charge in [0.2, 0.25) is 5.56 Å². The van der Waals surface area contributed by atoms with E-state index in [0.29, 0.717) is 24.6 Å². The summed E-state index contributed by atoms with van der Waals surface area (Å²) >= 11 is 0. The lowest BCUT2D eigenvalue weighted by molar-refractivity contribution is 0.0388. The highest BCUT2D eigenvalue weighted by Gasteiger charge is 2.20. The first kappa shape index (κ1) is 15.8. The summed E-state index contributed by atoms with van der Waals surface area (Å²) in [6.07, 6.45) is 2.14. The third kappa shape index (κ3) is 4.17. The van der Waals surface area contributed by atoms with E-state index in [4.69, 9.17) is 4.74 Å². The monoisotopic (exact) mass is 292 g/mol. The number of amides is 1. The second kappa shape index (κ2) is 6.89. The number of nitrogens with one attached hydrogen (secondary N) is 1. The highest BCUT2D eigenvalue weighted by atomic mass is 16.5. The molecule has 1 amide bonds. The summed E-state index contributed by atoms with van der Waals surface area (Å²) in [5.74, 6) is 0.468. The van der Waals surface area contributed by atoms with Gasteiger partial charge in [-0.15, -0.1) is 0 Å². The number of carbonyl (C=O) groups excluding carboxylic acids is 1. The molecule has 0 spiro atoms. The fourth-order valence-electron chi connectivity index (χ4n) is 2.64. The first-order valence-electron chi connectivity index (χ1n) is 7.55. The molecule has 21 heavy (non-hydrogen) atoms. The average molecular weight is 292 g/mol. The molecule has 0 aromatic carbocycles. The third-order valence-corrected chi connectivity index (χ3v) is 3.87. The minimum atomic E-state index is -0.223. The molecule has 5 nitrogen and oxygen atoms in total. The van der Waals surface area contributed by atoms with Gasteiger partial charge in [0.25, 0.3) is 5.91 Å². The number of nitrogens with zero attached hydrogens (tertiary/aromatic N) is 1. The zero-order valence-corrected chi connectivity index (χ0v) is 13.0. The predicted molar refractivity (Wildman–Crippen MR) is 81.7 cm³/mol. The second-order valence-corrected chi connectivity index (χ2v) is 6.11. The largest absolute Gasteiger partial charge is 0.381 e. The van der Waals surface area contributed by atoms with Crippen molar-refractivity contribution in [3.05, 3.63) is 33.7 Å². The summed E-state index contributed by atoms with van der Waals surface area (Å²) in [6.45, 7) is 6.18. The van der Waals surface area contributed by atoms with Crippen LogP contribution >= 0.6 is 0 Å². The van der Waals surface area contributed by atoms with E-state index in [-0.39, 0.29) is 17.4 Å². The Morgan fingerprint density at radius 2 is 2.24 bits per heavy atom. The van der Waals surface area contributed by atoms with Crippen LogP contribution in [-0.2, 0) is 4.74 Å². The first-order chi connectivity index (χ1) is 9.97. The van der Waals surface area contributed by atoms with Gasteiger partial charge in [-0.25, -0.2) is 0 Å². The number of ether oxygens (including phenoxy) is 1. The number of pyridine rings is 1. The van der Waals surface area contributed by atoms with E-state index in [1.807, 2.05) is 13.8 Å². The van der Waals surface area contributed by atoms with Crippen LogP contribution in [0.5, 0.6) is 0 Å². The van der Waals surface area contributed by atoms with Gasteiger partial charge in [-0.1, -0.05) is 13.8 Å². The maximum absolute atomic E-state index is 12.5. The normalized spacial score (nSPS) is 18.8. The Hall–Kier alpha value is -1.62. The van der Waals surface area contributed by atoms with Crippen LogP contribution in [0.25, 0.3) is 0 Å². The maximum atomic E-state index is 12.5. The van der Waals surface area contributed by atoms with Gasteiger partial charge in [0.1, 0.15) is 0 Å². The molecular formula is C16H24N2O3. The number of hydrogen-bond acceptors (Lipinski definition) is 3. The van der Waals surface area contributed by atoms with Crippen LogP contribution in [-0.4, -0.2) is 42.6 Å². The average Bonchev–Trinajstić information content (AvgIpc) is 2.46. The highest BCUT2D eigenvalue weighted by Crippen LogP contribution is 2.16. The molecule has 1 saturated heterocycles. The molecule has 2 heterocycles. The Labute approximate surface area is 125 Å². The minimum Gasteiger partial charge on any atom is -0.381 e. The molecule has 1 aromatic rings. The van der Waals surface area contributed by atoms with E-state index in [2.05, 4.69) is 4.98 Å². The molecule has 1 atom stereocenters. The zero-order chi connectivity index (χ0) is 15.4. The molecule has 1 N–H and O–H groups in total. The van der Waals surface area contributed by atoms with Gasteiger partial charge in [0.15, 0.2) is 0 Å². The molecule has 1 aromatic heterocycles. The fraction of sp³-hybridized carbons (Fsp3) is 0.625. The highest BCUT2D eigenvalue weighted by molar-refractivity contribution is 5.94. The first-order valence-corrected chi connectivity index (χ1v) is 7.55. The molecule has 0 radical (unpaired) electrons. The van der Waals surface area contributed by atoms with Crippen molar-refractivity contribution in [2.45, 2.75) is 32.6 Å². The predicted octanol–water partition coefficient (Wildman–Crippen LogP) is 2.00. The Kier molecular flexibility index (Phi) is 5.17. The molecule has 0 saturated carbocycles. The molecule has 2 rings (SSSR count). The van der Waals surface area contributed by atoms with E-state index in [0.717, 1.165) is 25.1 Å². The third-order valence-electron chi connectivity index (χ3n) is 3.87. The summed E-state index contributed by atoms with van der Waals surface area (Å²) in [5.41, 5.74) is 1.03. The van der Waals surface area contributed by atoms with E-state index in [1.165, 1.54) is 6.07 Å². The fourth-order valence-corrected chi connectivity index (χ4v) is 2.64. The quantitative estimate of drug-likeness (QED) is 0.923. The van der Waals surface area contributed by atoms with Crippen LogP contribution in [0.3, 0.4) is 0 Å². The second-order valence-electron chi connectivity index (χ2n) is 6.11. The standard InChI is InChI=1S/C16H24N2O3/c1-11(2)14-7-13(8-15(19)17-14)16(20)18(3)9-12-5-4-6-21-10-12/h7-8,11-12H,4-6,9-10H2,1-3H3,(H,17,19). The van der Waals surface area contributed by atoms with E-state index >= 15 is 0 Å². The molecule has 0 aliphatic carbocycles. The maximum Gasteiger partial charge on any atom is 0.253 e. The number of hydrogen-bond donors (Lipinski definition) is 1. The number of rotatable bonds is 4. The number of H-pyrrole nitrogens is 1. The molecule has 116 valence electrons. The summed E-state index contributed by atoms with van der Waals surface area (Å²) in [4.78, 5) is 28.6. The van der Waals surface area contributed by atoms with E-state index in [9.17, 15) is 9.59 Å². The SMILES string of the molecule is CC(C)c1cc(C(=O)N(C)CC2CCCOC2)cc(=O)[nH]1. The zero-order valence-electron chi connectivity index (χ0n) is 13.0. The van der Waals surface area contributed by atoms with Gasteiger partial charge in [0.05, 0.1) is 6.61 Å². The molecule has 1 unspecified atom stereocenters. The van der Waals surface area contributed by atoms with Crippen molar-refractivity contribution in [1.82, 2.24) is 9.88 Å². The lowest BCUT2D eigenvalue weighted by atomic mass is 10.0. The number of carbonyl (C=O) groups is 1. The lowest BCUT2D eigenvalue weighted by Gasteiger charge is -2.27. The van der Waals surface area contributed by atoms with Crippen LogP contribution < -0.4 is 5.56 Å². The number of aromatic amines is 1. The van der Waals surface area contributed by atoms with Crippen molar-refractivity contribution in [3.8, 4) is 0 Å². The summed E-state index contributed by atoms with van der Waals surface area (Å²) < 4.78 is 5.45. The molecule has 1 fully saturated rings. The Bertz CT molecular complexity index is 545. The van der Waals surface area contributed by atoms with Crippen molar-refractivity contribution in [3.63, 3.8) is 0 Å². The molecule has 1 aliphatic heterocycles. The van der Waals surface area contributed by atoms with Crippen molar-refractivity contribution in [2.75, 3.05) is 26.8 Å². The Morgan fingerprint density at radius 3 is 2.86 bits per heavy atom. The van der Waals surface area contributed by atoms with Crippen LogP contribution in [0.1, 0.15) is 48.7 Å². The summed E-state index contributed by atoms with van der Waals surface area (Å²) in [7, 11) is 1.78. The van der Waals surface area contributed by atoms with Crippen LogP contribution in [0, 0.1) is 5.92 Å². The van der Waals surface area contributed by atoms with Crippen LogP contribution in [0.15, 0.2) is 16.9 Å². The van der Waals surface area contributed by atoms with Gasteiger partial charge < -0.3 is 14.6 Å². The van der Waals surface area contributed by atoms with Crippen molar-refractivity contribution in [1.29, 1.82) is 0 Å². The lowest BCUT2D eigenvalue weighted by Crippen LogP contribution is -2.35. The van der Waals surface area contributed by atoms with Crippen LogP contribution in [0.2, 0.25) is 0 Å². The molecule has 0 bridgehead atoms. The van der Waals surface area contributed by atoms with E-state index < -0.39 is 0 Å². The van der Waals surface area contributed by atoms with Crippen LogP contribution in [0.4, 0.5) is 0 Å². The Balaban J connectivity index is 2.09. The van der Waals surface area contributed by atoms with Crippen molar-refractivity contribution < 1.29 is 9.53 Å². The molecule has 1 aliphatic rings. The smallest absolute Gasteiger partial charge is 0.253 e. The van der Waals surface area contributed by atoms with Gasteiger partial charge in [-0.05, 0) is 30.7 Å². The van der Waals surface area contributed by atoms with Gasteiger partial charge in [0, 0.05) is 37.5 Å².